The molecule has 2 saturated carbocycles. The van der Waals surface area contributed by atoms with Crippen molar-refractivity contribution in [1.82, 2.24) is 0 Å². The molecule has 45 heavy (non-hydrogen) atoms. The van der Waals surface area contributed by atoms with Crippen LogP contribution in [-0.2, 0) is 14.2 Å². The average Bonchev–Trinajstić information content (AvgIpc) is 3.36. The lowest BCUT2D eigenvalue weighted by molar-refractivity contribution is -0.246. The highest BCUT2D eigenvalue weighted by Crippen LogP contribution is 2.63. The van der Waals surface area contributed by atoms with Gasteiger partial charge in [-0.1, -0.05) is 95.1 Å². The highest BCUT2D eigenvalue weighted by Gasteiger charge is 2.59. The SMILES string of the molecule is CC.CC.COC(C)(C)Oc1ccc2c(c1)C(=O)C(CCCCCCCCCBr)C1C2CC[C@@]2(C)C1CC[C@@H]2OC(C)(C)OC. The van der Waals surface area contributed by atoms with E-state index < -0.39 is 11.6 Å². The number of carbonyl (C=O) groups is 1. The highest BCUT2D eigenvalue weighted by molar-refractivity contribution is 9.09. The zero-order valence-corrected chi connectivity index (χ0v) is 32.3. The number of hydrogen-bond acceptors (Lipinski definition) is 5. The normalized spacial score (nSPS) is 27.3. The summed E-state index contributed by atoms with van der Waals surface area (Å²) in [6.07, 6.45) is 14.3. The van der Waals surface area contributed by atoms with E-state index in [0.717, 1.165) is 49.4 Å². The summed E-state index contributed by atoms with van der Waals surface area (Å²) in [5.41, 5.74) is 2.17. The molecule has 3 aliphatic rings. The topological polar surface area (TPSA) is 54.0 Å². The second-order valence-corrected chi connectivity index (χ2v) is 14.8. The van der Waals surface area contributed by atoms with E-state index in [4.69, 9.17) is 18.9 Å². The Morgan fingerprint density at radius 1 is 0.844 bits per heavy atom. The monoisotopic (exact) mass is 694 g/mol. The molecule has 5 nitrogen and oxygen atoms in total. The van der Waals surface area contributed by atoms with Crippen molar-refractivity contribution in [3.8, 4) is 5.75 Å². The number of benzene rings is 1. The van der Waals surface area contributed by atoms with E-state index in [9.17, 15) is 4.79 Å². The van der Waals surface area contributed by atoms with Crippen LogP contribution in [0.1, 0.15) is 161 Å². The lowest BCUT2D eigenvalue weighted by atomic mass is 9.51. The largest absolute Gasteiger partial charge is 0.463 e. The first kappa shape index (κ1) is 40.2. The summed E-state index contributed by atoms with van der Waals surface area (Å²) in [6, 6.07) is 6.21. The summed E-state index contributed by atoms with van der Waals surface area (Å²) >= 11 is 3.54. The number of unbranched alkanes of at least 4 members (excludes halogenated alkanes) is 6. The quantitative estimate of drug-likeness (QED) is 0.104. The molecule has 0 spiro atoms. The maximum atomic E-state index is 14.4. The molecule has 6 atom stereocenters. The number of halogens is 1. The molecule has 1 aromatic carbocycles. The van der Waals surface area contributed by atoms with Crippen LogP contribution in [0.4, 0.5) is 0 Å². The van der Waals surface area contributed by atoms with Gasteiger partial charge in [0.25, 0.3) is 0 Å². The zero-order chi connectivity index (χ0) is 33.8. The summed E-state index contributed by atoms with van der Waals surface area (Å²) in [5.74, 6) is 1.01. The molecule has 0 N–H and O–H groups in total. The number of carbonyl (C=O) groups excluding carboxylic acids is 1. The second kappa shape index (κ2) is 18.6. The summed E-state index contributed by atoms with van der Waals surface area (Å²) in [6.45, 7) is 18.3. The van der Waals surface area contributed by atoms with Gasteiger partial charge in [0.05, 0.1) is 6.10 Å². The molecular weight excluding hydrogens is 628 g/mol. The smallest absolute Gasteiger partial charge is 0.204 e. The lowest BCUT2D eigenvalue weighted by Crippen LogP contribution is -2.50. The number of ether oxygens (including phenoxy) is 4. The van der Waals surface area contributed by atoms with Crippen LogP contribution < -0.4 is 4.74 Å². The Bertz CT molecular complexity index is 1020. The van der Waals surface area contributed by atoms with Crippen LogP contribution in [0.2, 0.25) is 0 Å². The van der Waals surface area contributed by atoms with E-state index in [-0.39, 0.29) is 17.4 Å². The van der Waals surface area contributed by atoms with Crippen LogP contribution in [0.5, 0.6) is 5.75 Å². The molecule has 260 valence electrons. The van der Waals surface area contributed by atoms with Crippen molar-refractivity contribution in [2.24, 2.45) is 23.2 Å². The van der Waals surface area contributed by atoms with Crippen LogP contribution in [-0.4, -0.2) is 43.0 Å². The number of methoxy groups -OCH3 is 2. The third-order valence-electron chi connectivity index (χ3n) is 10.7. The van der Waals surface area contributed by atoms with Gasteiger partial charge in [-0.3, -0.25) is 4.79 Å². The Morgan fingerprint density at radius 2 is 1.44 bits per heavy atom. The standard InChI is InChI=1S/C35H55BrO5.2C2H6/c1-33(2,38-6)40-24-16-17-25-26-20-21-35(5)29(18-19-30(35)41-34(3,4)39-7)31(26)27(32(37)28(25)23-24)15-13-11-9-8-10-12-14-22-36;2*1-2/h16-17,23,26-27,29-31H,8-15,18-22H2,1-7H3;2*1-2H3/t26?,27?,29?,30-,31?,35-;;/m0../s1. The minimum Gasteiger partial charge on any atom is -0.463 e. The Kier molecular flexibility index (Phi) is 16.6. The average molecular weight is 696 g/mol. The van der Waals surface area contributed by atoms with Gasteiger partial charge in [0.1, 0.15) is 5.75 Å². The van der Waals surface area contributed by atoms with Crippen LogP contribution in [0.3, 0.4) is 0 Å². The van der Waals surface area contributed by atoms with Gasteiger partial charge < -0.3 is 18.9 Å². The van der Waals surface area contributed by atoms with Crippen LogP contribution in [0, 0.1) is 23.2 Å². The molecule has 0 aromatic heterocycles. The van der Waals surface area contributed by atoms with Gasteiger partial charge in [-0.25, -0.2) is 0 Å². The first-order valence-corrected chi connectivity index (χ1v) is 19.3. The summed E-state index contributed by atoms with van der Waals surface area (Å²) < 4.78 is 23.9. The minimum absolute atomic E-state index is 0.0605. The molecule has 2 fully saturated rings. The highest BCUT2D eigenvalue weighted by atomic mass is 79.9. The van der Waals surface area contributed by atoms with Crippen LogP contribution in [0.25, 0.3) is 0 Å². The molecule has 0 bridgehead atoms. The number of fused-ring (bicyclic) bond motifs is 5. The zero-order valence-electron chi connectivity index (χ0n) is 30.7. The Labute approximate surface area is 285 Å². The minimum atomic E-state index is -0.746. The molecule has 4 unspecified atom stereocenters. The summed E-state index contributed by atoms with van der Waals surface area (Å²) in [5, 5.41) is 1.10. The van der Waals surface area contributed by atoms with Crippen molar-refractivity contribution in [3.05, 3.63) is 29.3 Å². The van der Waals surface area contributed by atoms with Crippen LogP contribution >= 0.6 is 15.9 Å². The molecule has 6 heteroatoms. The van der Waals surface area contributed by atoms with Crippen molar-refractivity contribution in [1.29, 1.82) is 0 Å². The number of hydrogen-bond donors (Lipinski definition) is 0. The molecule has 0 amide bonds. The van der Waals surface area contributed by atoms with Gasteiger partial charge in [-0.15, -0.1) is 0 Å². The molecular formula is C39H67BrO5. The molecule has 0 radical (unpaired) electrons. The maximum absolute atomic E-state index is 14.4. The van der Waals surface area contributed by atoms with E-state index in [1.807, 2.05) is 67.5 Å². The fourth-order valence-electron chi connectivity index (χ4n) is 8.16. The van der Waals surface area contributed by atoms with Gasteiger partial charge in [0.15, 0.2) is 11.6 Å². The first-order valence-electron chi connectivity index (χ1n) is 18.2. The fourth-order valence-corrected chi connectivity index (χ4v) is 8.55. The Morgan fingerprint density at radius 3 is 2.04 bits per heavy atom. The third kappa shape index (κ3) is 10.0. The van der Waals surface area contributed by atoms with Gasteiger partial charge in [-0.05, 0) is 93.2 Å². The summed E-state index contributed by atoms with van der Waals surface area (Å²) in [4.78, 5) is 14.4. The van der Waals surface area contributed by atoms with E-state index in [2.05, 4.69) is 28.9 Å². The number of alkyl halides is 1. The van der Waals surface area contributed by atoms with Crippen molar-refractivity contribution < 1.29 is 23.7 Å². The van der Waals surface area contributed by atoms with Gasteiger partial charge >= 0.3 is 0 Å². The molecule has 3 aliphatic carbocycles. The van der Waals surface area contributed by atoms with E-state index >= 15 is 0 Å². The lowest BCUT2D eigenvalue weighted by Gasteiger charge is -2.53. The number of ketones is 1. The maximum Gasteiger partial charge on any atom is 0.204 e. The predicted molar refractivity (Wildman–Crippen MR) is 192 cm³/mol. The van der Waals surface area contributed by atoms with Crippen molar-refractivity contribution in [3.63, 3.8) is 0 Å². The van der Waals surface area contributed by atoms with Crippen molar-refractivity contribution in [2.75, 3.05) is 19.5 Å². The van der Waals surface area contributed by atoms with Crippen LogP contribution in [0.15, 0.2) is 18.2 Å². The molecule has 0 heterocycles. The molecule has 0 saturated heterocycles. The first-order chi connectivity index (χ1) is 21.5. The molecule has 1 aromatic rings. The van der Waals surface area contributed by atoms with Crippen molar-refractivity contribution in [2.45, 2.75) is 163 Å². The summed E-state index contributed by atoms with van der Waals surface area (Å²) in [7, 11) is 3.38. The van der Waals surface area contributed by atoms with Gasteiger partial charge in [-0.2, -0.15) is 0 Å². The Balaban J connectivity index is 0.00000169. The molecule has 4 rings (SSSR count). The Hall–Kier alpha value is -0.950. The van der Waals surface area contributed by atoms with Gasteiger partial charge in [0, 0.05) is 44.9 Å². The van der Waals surface area contributed by atoms with E-state index in [1.165, 1.54) is 44.1 Å². The van der Waals surface area contributed by atoms with E-state index in [0.29, 0.717) is 29.3 Å². The second-order valence-electron chi connectivity index (χ2n) is 14.0. The fraction of sp³-hybridized carbons (Fsp3) is 0.821. The number of rotatable bonds is 15. The van der Waals surface area contributed by atoms with E-state index in [1.54, 1.807) is 14.2 Å². The van der Waals surface area contributed by atoms with Crippen molar-refractivity contribution >= 4 is 21.7 Å². The number of Topliss-reactive ketones (excluding diaryl/α,β-unsaturated/α-hetero) is 1. The van der Waals surface area contributed by atoms with Gasteiger partial charge in [0.2, 0.25) is 5.79 Å². The molecule has 0 aliphatic heterocycles. The predicted octanol–water partition coefficient (Wildman–Crippen LogP) is 11.5. The third-order valence-corrected chi connectivity index (χ3v) is 11.2.